The van der Waals surface area contributed by atoms with Crippen LogP contribution in [0.2, 0.25) is 0 Å². The smallest absolute Gasteiger partial charge is 0.472 e. The van der Waals surface area contributed by atoms with E-state index < -0.39 is 57.6 Å². The lowest BCUT2D eigenvalue weighted by Crippen LogP contribution is -2.43. The van der Waals surface area contributed by atoms with Crippen LogP contribution in [-0.4, -0.2) is 64.9 Å². The summed E-state index contributed by atoms with van der Waals surface area (Å²) in [7, 11) is -4.79. The molecular formula is C48H78NO10P. The Hall–Kier alpha value is -3.60. The molecule has 0 heterocycles. The van der Waals surface area contributed by atoms with Gasteiger partial charge in [-0.1, -0.05) is 156 Å². The van der Waals surface area contributed by atoms with Crippen LogP contribution in [0.4, 0.5) is 0 Å². The van der Waals surface area contributed by atoms with Gasteiger partial charge in [-0.05, 0) is 83.5 Å². The number of unbranched alkanes of at least 4 members (excludes halogenated alkanes) is 10. The molecule has 0 saturated heterocycles. The standard InChI is InChI=1S/C48H78NO10P/c1-3-5-7-9-11-13-15-17-19-21-22-24-25-27-29-31-33-35-37-39-46(51)49-45(48(53)54)43-59-60(55,56)58-42-44(50)41-57-47(52)40-38-36-34-32-30-28-26-23-20-18-16-14-12-10-8-6-4-2/h5,7,11-14,17-20,22,24,27,29,33,35,44-45,50H,3-4,6,8-10,15-16,21,23,25-26,28,30-32,34,36-43H2,1-2H3,(H,49,51)(H,53,54)(H,55,56)/b7-5-,13-11-,14-12-,19-17-,20-18-,24-22-,29-27-,35-33-. The second-order valence-electron chi connectivity index (χ2n) is 14.5. The average Bonchev–Trinajstić information content (AvgIpc) is 3.22. The Balaban J connectivity index is 4.03. The van der Waals surface area contributed by atoms with Crippen molar-refractivity contribution in [1.29, 1.82) is 0 Å². The number of carbonyl (C=O) groups excluding carboxylic acids is 2. The first-order valence-electron chi connectivity index (χ1n) is 22.3. The third kappa shape index (κ3) is 41.1. The van der Waals surface area contributed by atoms with Gasteiger partial charge in [-0.25, -0.2) is 9.36 Å². The Kier molecular flexibility index (Phi) is 39.6. The molecule has 0 rings (SSSR count). The predicted octanol–water partition coefficient (Wildman–Crippen LogP) is 11.7. The van der Waals surface area contributed by atoms with Gasteiger partial charge in [0.05, 0.1) is 13.2 Å². The highest BCUT2D eigenvalue weighted by molar-refractivity contribution is 7.47. The van der Waals surface area contributed by atoms with Gasteiger partial charge in [0.2, 0.25) is 5.91 Å². The van der Waals surface area contributed by atoms with Crippen molar-refractivity contribution in [2.24, 2.45) is 0 Å². The highest BCUT2D eigenvalue weighted by atomic mass is 31.2. The summed E-state index contributed by atoms with van der Waals surface area (Å²) in [5.41, 5.74) is 0. The van der Waals surface area contributed by atoms with Crippen molar-refractivity contribution in [3.8, 4) is 0 Å². The number of aliphatic hydroxyl groups is 1. The van der Waals surface area contributed by atoms with E-state index in [-0.39, 0.29) is 12.8 Å². The lowest BCUT2D eigenvalue weighted by molar-refractivity contribution is -0.147. The van der Waals surface area contributed by atoms with Crippen LogP contribution in [-0.2, 0) is 32.7 Å². The number of aliphatic carboxylic acids is 1. The second-order valence-corrected chi connectivity index (χ2v) is 16.0. The topological polar surface area (TPSA) is 169 Å². The summed E-state index contributed by atoms with van der Waals surface area (Å²) in [4.78, 5) is 45.9. The summed E-state index contributed by atoms with van der Waals surface area (Å²) in [5.74, 6) is -2.51. The van der Waals surface area contributed by atoms with E-state index in [2.05, 4.69) is 98.2 Å². The lowest BCUT2D eigenvalue weighted by Gasteiger charge is -2.18. The molecule has 0 aliphatic rings. The van der Waals surface area contributed by atoms with Crippen LogP contribution in [0.5, 0.6) is 0 Å². The number of rotatable bonds is 40. The predicted molar refractivity (Wildman–Crippen MR) is 244 cm³/mol. The normalized spacial score (nSPS) is 14.6. The quantitative estimate of drug-likeness (QED) is 0.0201. The minimum absolute atomic E-state index is 0.0143. The molecule has 0 aromatic rings. The fourth-order valence-electron chi connectivity index (χ4n) is 5.43. The van der Waals surface area contributed by atoms with Gasteiger partial charge in [-0.3, -0.25) is 18.6 Å². The van der Waals surface area contributed by atoms with Crippen LogP contribution in [0, 0.1) is 0 Å². The Morgan fingerprint density at radius 3 is 1.48 bits per heavy atom. The van der Waals surface area contributed by atoms with Crippen LogP contribution in [0.15, 0.2) is 97.2 Å². The van der Waals surface area contributed by atoms with Crippen molar-refractivity contribution < 1.29 is 47.8 Å². The lowest BCUT2D eigenvalue weighted by atomic mass is 10.1. The second kappa shape index (κ2) is 42.1. The van der Waals surface area contributed by atoms with Crippen molar-refractivity contribution >= 4 is 25.7 Å². The van der Waals surface area contributed by atoms with Gasteiger partial charge >= 0.3 is 19.8 Å². The number of nitrogens with one attached hydrogen (secondary N) is 1. The molecule has 0 aliphatic heterocycles. The minimum atomic E-state index is -4.79. The number of hydrogen-bond acceptors (Lipinski definition) is 8. The fourth-order valence-corrected chi connectivity index (χ4v) is 6.20. The van der Waals surface area contributed by atoms with Gasteiger partial charge in [0.15, 0.2) is 6.04 Å². The molecule has 60 heavy (non-hydrogen) atoms. The van der Waals surface area contributed by atoms with Crippen LogP contribution in [0.3, 0.4) is 0 Å². The van der Waals surface area contributed by atoms with Gasteiger partial charge in [-0.15, -0.1) is 0 Å². The molecule has 4 N–H and O–H groups in total. The van der Waals surface area contributed by atoms with E-state index in [9.17, 15) is 34.1 Å². The number of allylic oxidation sites excluding steroid dienone is 16. The number of phosphoric ester groups is 1. The molecule has 0 aromatic heterocycles. The van der Waals surface area contributed by atoms with Crippen molar-refractivity contribution in [1.82, 2.24) is 5.32 Å². The molecule has 11 nitrogen and oxygen atoms in total. The average molecular weight is 860 g/mol. The summed E-state index contributed by atoms with van der Waals surface area (Å²) in [5, 5.41) is 21.8. The van der Waals surface area contributed by atoms with E-state index in [1.807, 2.05) is 18.2 Å². The zero-order chi connectivity index (χ0) is 44.2. The Bertz CT molecular complexity index is 1380. The molecular weight excluding hydrogens is 781 g/mol. The molecule has 3 unspecified atom stereocenters. The highest BCUT2D eigenvalue weighted by Gasteiger charge is 2.28. The largest absolute Gasteiger partial charge is 0.480 e. The van der Waals surface area contributed by atoms with Gasteiger partial charge in [0, 0.05) is 12.8 Å². The van der Waals surface area contributed by atoms with Crippen molar-refractivity contribution in [3.05, 3.63) is 97.2 Å². The van der Waals surface area contributed by atoms with E-state index in [4.69, 9.17) is 13.8 Å². The van der Waals surface area contributed by atoms with Gasteiger partial charge < -0.3 is 25.2 Å². The number of ether oxygens (including phenoxy) is 1. The highest BCUT2D eigenvalue weighted by Crippen LogP contribution is 2.43. The number of carbonyl (C=O) groups is 3. The van der Waals surface area contributed by atoms with E-state index in [1.54, 1.807) is 0 Å². The fraction of sp³-hybridized carbons (Fsp3) is 0.604. The Morgan fingerprint density at radius 2 is 0.983 bits per heavy atom. The number of amides is 1. The van der Waals surface area contributed by atoms with Crippen molar-refractivity contribution in [2.45, 2.75) is 167 Å². The number of carboxylic acids is 1. The first-order chi connectivity index (χ1) is 29.1. The number of aliphatic hydroxyl groups excluding tert-OH is 1. The zero-order valence-corrected chi connectivity index (χ0v) is 37.6. The summed E-state index contributed by atoms with van der Waals surface area (Å²) < 4.78 is 26.8. The molecule has 0 saturated carbocycles. The number of hydrogen-bond donors (Lipinski definition) is 4. The van der Waals surface area contributed by atoms with Crippen molar-refractivity contribution in [3.63, 3.8) is 0 Å². The SMILES string of the molecule is CC/C=C\C/C=C\C/C=C\C/C=C\C/C=C\C/C=C\CCC(=O)NC(COP(=O)(O)OCC(O)COC(=O)CCCCCCCCC/C=C\C/C=C\CCCCC)C(=O)O. The summed E-state index contributed by atoms with van der Waals surface area (Å²) in [6.07, 6.45) is 53.0. The van der Waals surface area contributed by atoms with Crippen LogP contribution >= 0.6 is 7.82 Å². The molecule has 1 amide bonds. The molecule has 0 spiro atoms. The zero-order valence-electron chi connectivity index (χ0n) is 36.7. The van der Waals surface area contributed by atoms with E-state index >= 15 is 0 Å². The van der Waals surface area contributed by atoms with Gasteiger partial charge in [0.25, 0.3) is 0 Å². The van der Waals surface area contributed by atoms with E-state index in [0.29, 0.717) is 19.3 Å². The first kappa shape index (κ1) is 56.4. The third-order valence-corrected chi connectivity index (χ3v) is 9.82. The third-order valence-electron chi connectivity index (χ3n) is 8.87. The molecule has 0 aromatic carbocycles. The minimum Gasteiger partial charge on any atom is -0.480 e. The van der Waals surface area contributed by atoms with E-state index in [0.717, 1.165) is 70.6 Å². The maximum absolute atomic E-state index is 12.3. The number of esters is 1. The maximum atomic E-state index is 12.3. The van der Waals surface area contributed by atoms with Gasteiger partial charge in [0.1, 0.15) is 12.7 Å². The van der Waals surface area contributed by atoms with Crippen LogP contribution < -0.4 is 5.32 Å². The van der Waals surface area contributed by atoms with E-state index in [1.165, 1.54) is 38.5 Å². The molecule has 12 heteroatoms. The Labute approximate surface area is 362 Å². The molecule has 3 atom stereocenters. The molecule has 0 fully saturated rings. The first-order valence-corrected chi connectivity index (χ1v) is 23.8. The molecule has 0 radical (unpaired) electrons. The molecule has 0 bridgehead atoms. The summed E-state index contributed by atoms with van der Waals surface area (Å²) in [6.45, 7) is 2.38. The monoisotopic (exact) mass is 860 g/mol. The maximum Gasteiger partial charge on any atom is 0.472 e. The summed E-state index contributed by atoms with van der Waals surface area (Å²) in [6, 6.07) is -1.59. The van der Waals surface area contributed by atoms with Crippen LogP contribution in [0.1, 0.15) is 155 Å². The van der Waals surface area contributed by atoms with Crippen molar-refractivity contribution in [2.75, 3.05) is 19.8 Å². The van der Waals surface area contributed by atoms with Gasteiger partial charge in [-0.2, -0.15) is 0 Å². The summed E-state index contributed by atoms with van der Waals surface area (Å²) >= 11 is 0. The molecule has 340 valence electrons. The Morgan fingerprint density at radius 1 is 0.550 bits per heavy atom. The van der Waals surface area contributed by atoms with Crippen LogP contribution in [0.25, 0.3) is 0 Å². The number of carboxylic acid groups (broad SMARTS) is 1. The number of phosphoric acid groups is 1. The molecule has 0 aliphatic carbocycles.